The first-order valence-electron chi connectivity index (χ1n) is 7.04. The van der Waals surface area contributed by atoms with Gasteiger partial charge in [0.2, 0.25) is 0 Å². The molecule has 1 saturated heterocycles. The maximum absolute atomic E-state index is 5.95. The second-order valence-corrected chi connectivity index (χ2v) is 4.89. The predicted molar refractivity (Wildman–Crippen MR) is 74.4 cm³/mol. The minimum Gasteiger partial charge on any atom is -0.463 e. The van der Waals surface area contributed by atoms with Crippen molar-refractivity contribution in [2.75, 3.05) is 18.9 Å². The Balaban J connectivity index is 1.98. The fourth-order valence-corrected chi connectivity index (χ4v) is 2.31. The second kappa shape index (κ2) is 5.62. The van der Waals surface area contributed by atoms with Crippen molar-refractivity contribution in [3.8, 4) is 6.01 Å². The highest BCUT2D eigenvalue weighted by atomic mass is 16.5. The average Bonchev–Trinajstić information content (AvgIpc) is 2.90. The Hall–Kier alpha value is -1.89. The smallest absolute Gasteiger partial charge is 0.320 e. The van der Waals surface area contributed by atoms with Crippen molar-refractivity contribution in [2.24, 2.45) is 0 Å². The summed E-state index contributed by atoms with van der Waals surface area (Å²) in [6.45, 7) is 3.35. The number of anilines is 1. The lowest BCUT2D eigenvalue weighted by molar-refractivity contribution is -0.0370. The first-order chi connectivity index (χ1) is 9.79. The molecule has 3 heterocycles. The summed E-state index contributed by atoms with van der Waals surface area (Å²) in [5, 5.41) is 5.09. The summed E-state index contributed by atoms with van der Waals surface area (Å²) < 4.78 is 13.0. The third kappa shape index (κ3) is 2.40. The third-order valence-electron chi connectivity index (χ3n) is 3.33. The summed E-state index contributed by atoms with van der Waals surface area (Å²) in [7, 11) is 0. The van der Waals surface area contributed by atoms with Crippen LogP contribution < -0.4 is 10.5 Å². The summed E-state index contributed by atoms with van der Waals surface area (Å²) in [6, 6.07) is 0.300. The van der Waals surface area contributed by atoms with Crippen molar-refractivity contribution in [1.29, 1.82) is 0 Å². The summed E-state index contributed by atoms with van der Waals surface area (Å²) in [5.41, 5.74) is 6.62. The first kappa shape index (κ1) is 13.1. The standard InChI is InChI=1S/C13H19N5O2/c1-2-6-20-13-16-11(14)9-8-15-18(12(9)17-13)10-5-3-4-7-19-10/h8,10H,2-7H2,1H3,(H2,14,16,17)/t10-/m0/s1. The summed E-state index contributed by atoms with van der Waals surface area (Å²) in [6.07, 6.45) is 5.67. The maximum Gasteiger partial charge on any atom is 0.320 e. The van der Waals surface area contributed by atoms with Crippen LogP contribution >= 0.6 is 0 Å². The number of hydrogen-bond donors (Lipinski definition) is 1. The Morgan fingerprint density at radius 3 is 3.10 bits per heavy atom. The van der Waals surface area contributed by atoms with Crippen molar-refractivity contribution in [1.82, 2.24) is 19.7 Å². The Morgan fingerprint density at radius 1 is 1.45 bits per heavy atom. The van der Waals surface area contributed by atoms with Gasteiger partial charge in [0.1, 0.15) is 5.82 Å². The minimum absolute atomic E-state index is 0.0745. The molecule has 1 aliphatic rings. The van der Waals surface area contributed by atoms with Gasteiger partial charge in [-0.2, -0.15) is 15.1 Å². The molecule has 2 N–H and O–H groups in total. The minimum atomic E-state index is -0.0745. The first-order valence-corrected chi connectivity index (χ1v) is 7.04. The van der Waals surface area contributed by atoms with Crippen molar-refractivity contribution in [3.63, 3.8) is 0 Å². The highest BCUT2D eigenvalue weighted by molar-refractivity contribution is 5.85. The second-order valence-electron chi connectivity index (χ2n) is 4.89. The van der Waals surface area contributed by atoms with E-state index in [1.54, 1.807) is 10.9 Å². The maximum atomic E-state index is 5.95. The van der Waals surface area contributed by atoms with E-state index < -0.39 is 0 Å². The zero-order valence-corrected chi connectivity index (χ0v) is 11.6. The number of fused-ring (bicyclic) bond motifs is 1. The van der Waals surface area contributed by atoms with Gasteiger partial charge in [-0.3, -0.25) is 0 Å². The van der Waals surface area contributed by atoms with Crippen LogP contribution in [0.3, 0.4) is 0 Å². The van der Waals surface area contributed by atoms with Crippen LogP contribution in [0.2, 0.25) is 0 Å². The molecule has 0 aliphatic carbocycles. The Kier molecular flexibility index (Phi) is 3.68. The van der Waals surface area contributed by atoms with Gasteiger partial charge in [-0.25, -0.2) is 4.68 Å². The van der Waals surface area contributed by atoms with Gasteiger partial charge in [0, 0.05) is 6.61 Å². The van der Waals surface area contributed by atoms with Crippen LogP contribution in [0.15, 0.2) is 6.20 Å². The molecule has 7 heteroatoms. The van der Waals surface area contributed by atoms with E-state index in [1.165, 1.54) is 0 Å². The lowest BCUT2D eigenvalue weighted by Gasteiger charge is -2.23. The normalized spacial score (nSPS) is 19.4. The number of nitrogens with two attached hydrogens (primary N) is 1. The van der Waals surface area contributed by atoms with Crippen LogP contribution in [-0.4, -0.2) is 33.0 Å². The number of nitrogens with zero attached hydrogens (tertiary/aromatic N) is 4. The lowest BCUT2D eigenvalue weighted by Crippen LogP contribution is -2.19. The summed E-state index contributed by atoms with van der Waals surface area (Å²) in [5.74, 6) is 0.392. The molecule has 0 saturated carbocycles. The molecule has 0 unspecified atom stereocenters. The van der Waals surface area contributed by atoms with E-state index in [9.17, 15) is 0 Å². The van der Waals surface area contributed by atoms with E-state index in [0.717, 1.165) is 37.7 Å². The molecule has 0 amide bonds. The van der Waals surface area contributed by atoms with Gasteiger partial charge in [0.15, 0.2) is 11.9 Å². The van der Waals surface area contributed by atoms with E-state index in [4.69, 9.17) is 15.2 Å². The van der Waals surface area contributed by atoms with Gasteiger partial charge in [-0.1, -0.05) is 6.92 Å². The molecule has 1 aliphatic heterocycles. The largest absolute Gasteiger partial charge is 0.463 e. The van der Waals surface area contributed by atoms with Crippen LogP contribution in [0.5, 0.6) is 6.01 Å². The lowest BCUT2D eigenvalue weighted by atomic mass is 10.2. The molecular weight excluding hydrogens is 258 g/mol. The summed E-state index contributed by atoms with van der Waals surface area (Å²) >= 11 is 0. The predicted octanol–water partition coefficient (Wildman–Crippen LogP) is 1.90. The van der Waals surface area contributed by atoms with Gasteiger partial charge in [-0.05, 0) is 25.7 Å². The zero-order valence-electron chi connectivity index (χ0n) is 11.6. The number of nitrogen functional groups attached to an aromatic ring is 1. The Morgan fingerprint density at radius 2 is 2.35 bits per heavy atom. The molecule has 3 rings (SSSR count). The van der Waals surface area contributed by atoms with Gasteiger partial charge < -0.3 is 15.2 Å². The fraction of sp³-hybridized carbons (Fsp3) is 0.615. The molecule has 1 atom stereocenters. The molecule has 0 spiro atoms. The monoisotopic (exact) mass is 277 g/mol. The molecule has 2 aromatic heterocycles. The molecular formula is C13H19N5O2. The van der Waals surface area contributed by atoms with Crippen LogP contribution in [0, 0.1) is 0 Å². The molecule has 108 valence electrons. The van der Waals surface area contributed by atoms with Gasteiger partial charge >= 0.3 is 6.01 Å². The number of rotatable bonds is 4. The Bertz CT molecular complexity index is 592. The topological polar surface area (TPSA) is 88.1 Å². The quantitative estimate of drug-likeness (QED) is 0.918. The van der Waals surface area contributed by atoms with Crippen molar-refractivity contribution < 1.29 is 9.47 Å². The van der Waals surface area contributed by atoms with E-state index >= 15 is 0 Å². The van der Waals surface area contributed by atoms with Crippen LogP contribution in [0.4, 0.5) is 5.82 Å². The van der Waals surface area contributed by atoms with Crippen LogP contribution in [0.1, 0.15) is 38.8 Å². The van der Waals surface area contributed by atoms with E-state index in [2.05, 4.69) is 15.1 Å². The Labute approximate surface area is 117 Å². The number of ether oxygens (including phenoxy) is 2. The summed E-state index contributed by atoms with van der Waals surface area (Å²) in [4.78, 5) is 8.56. The van der Waals surface area contributed by atoms with Gasteiger partial charge in [0.25, 0.3) is 0 Å². The van der Waals surface area contributed by atoms with Gasteiger partial charge in [-0.15, -0.1) is 0 Å². The van der Waals surface area contributed by atoms with Gasteiger partial charge in [0.05, 0.1) is 18.2 Å². The molecule has 1 fully saturated rings. The van der Waals surface area contributed by atoms with Crippen molar-refractivity contribution >= 4 is 16.9 Å². The third-order valence-corrected chi connectivity index (χ3v) is 3.33. The van der Waals surface area contributed by atoms with Crippen molar-refractivity contribution in [3.05, 3.63) is 6.20 Å². The van der Waals surface area contributed by atoms with E-state index in [0.29, 0.717) is 24.1 Å². The number of aromatic nitrogens is 4. The average molecular weight is 277 g/mol. The molecule has 0 aromatic carbocycles. The van der Waals surface area contributed by atoms with Crippen LogP contribution in [-0.2, 0) is 4.74 Å². The fourth-order valence-electron chi connectivity index (χ4n) is 2.31. The molecule has 0 bridgehead atoms. The van der Waals surface area contributed by atoms with Crippen LogP contribution in [0.25, 0.3) is 11.0 Å². The molecule has 2 aromatic rings. The van der Waals surface area contributed by atoms with Crippen molar-refractivity contribution in [2.45, 2.75) is 38.8 Å². The molecule has 20 heavy (non-hydrogen) atoms. The SMILES string of the molecule is CCCOc1nc(N)c2cnn([C@@H]3CCCCO3)c2n1. The van der Waals surface area contributed by atoms with E-state index in [-0.39, 0.29) is 6.23 Å². The highest BCUT2D eigenvalue weighted by Crippen LogP contribution is 2.27. The zero-order chi connectivity index (χ0) is 13.9. The highest BCUT2D eigenvalue weighted by Gasteiger charge is 2.21. The molecule has 0 radical (unpaired) electrons. The molecule has 7 nitrogen and oxygen atoms in total. The number of hydrogen-bond acceptors (Lipinski definition) is 6. The van der Waals surface area contributed by atoms with E-state index in [1.807, 2.05) is 6.92 Å².